The standard InChI is InChI=1S/C19H24N4O3/c1-14-4-6-16(17(12-14)25-3)26-13-19(24)23-10-8-22(9-11-23)18-7-5-15(2)20-21-18/h4-7,12H,8-11,13H2,1-3H3. The summed E-state index contributed by atoms with van der Waals surface area (Å²) in [7, 11) is 1.59. The van der Waals surface area contributed by atoms with E-state index in [0.29, 0.717) is 24.6 Å². The Morgan fingerprint density at radius 1 is 1.04 bits per heavy atom. The van der Waals surface area contributed by atoms with Gasteiger partial charge >= 0.3 is 0 Å². The van der Waals surface area contributed by atoms with Gasteiger partial charge in [0.15, 0.2) is 23.9 Å². The van der Waals surface area contributed by atoms with Crippen molar-refractivity contribution in [2.24, 2.45) is 0 Å². The van der Waals surface area contributed by atoms with Crippen molar-refractivity contribution in [1.29, 1.82) is 0 Å². The second-order valence-electron chi connectivity index (χ2n) is 6.34. The number of methoxy groups -OCH3 is 1. The van der Waals surface area contributed by atoms with Gasteiger partial charge in [-0.25, -0.2) is 0 Å². The van der Waals surface area contributed by atoms with Gasteiger partial charge < -0.3 is 19.3 Å². The normalized spacial score (nSPS) is 14.3. The van der Waals surface area contributed by atoms with E-state index < -0.39 is 0 Å². The fraction of sp³-hybridized carbons (Fsp3) is 0.421. The minimum Gasteiger partial charge on any atom is -0.493 e. The predicted molar refractivity (Wildman–Crippen MR) is 98.8 cm³/mol. The Balaban J connectivity index is 1.52. The summed E-state index contributed by atoms with van der Waals surface area (Å²) < 4.78 is 11.0. The number of nitrogens with zero attached hydrogens (tertiary/aromatic N) is 4. The van der Waals surface area contributed by atoms with Crippen LogP contribution in [0.4, 0.5) is 5.82 Å². The van der Waals surface area contributed by atoms with Crippen molar-refractivity contribution in [3.63, 3.8) is 0 Å². The molecule has 138 valence electrons. The van der Waals surface area contributed by atoms with E-state index in [-0.39, 0.29) is 12.5 Å². The highest BCUT2D eigenvalue weighted by molar-refractivity contribution is 5.78. The molecule has 0 spiro atoms. The van der Waals surface area contributed by atoms with Crippen LogP contribution in [0.15, 0.2) is 30.3 Å². The van der Waals surface area contributed by atoms with E-state index in [1.165, 1.54) is 0 Å². The predicted octanol–water partition coefficient (Wildman–Crippen LogP) is 1.83. The lowest BCUT2D eigenvalue weighted by atomic mass is 10.2. The molecule has 0 saturated carbocycles. The molecule has 0 aliphatic carbocycles. The lowest BCUT2D eigenvalue weighted by molar-refractivity contribution is -0.133. The van der Waals surface area contributed by atoms with Crippen LogP contribution in [0.1, 0.15) is 11.3 Å². The molecule has 1 aliphatic rings. The topological polar surface area (TPSA) is 67.8 Å². The summed E-state index contributed by atoms with van der Waals surface area (Å²) in [5, 5.41) is 8.30. The van der Waals surface area contributed by atoms with Crippen molar-refractivity contribution in [1.82, 2.24) is 15.1 Å². The Morgan fingerprint density at radius 3 is 2.46 bits per heavy atom. The number of aromatic nitrogens is 2. The Hall–Kier alpha value is -2.83. The molecule has 0 radical (unpaired) electrons. The molecule has 7 nitrogen and oxygen atoms in total. The van der Waals surface area contributed by atoms with Crippen LogP contribution >= 0.6 is 0 Å². The first-order valence-electron chi connectivity index (χ1n) is 8.67. The van der Waals surface area contributed by atoms with Gasteiger partial charge in [0.1, 0.15) is 0 Å². The maximum absolute atomic E-state index is 12.4. The number of amides is 1. The molecule has 7 heteroatoms. The van der Waals surface area contributed by atoms with E-state index in [2.05, 4.69) is 15.1 Å². The molecule has 0 atom stereocenters. The molecule has 1 aromatic heterocycles. The number of hydrogen-bond donors (Lipinski definition) is 0. The molecule has 1 aromatic carbocycles. The van der Waals surface area contributed by atoms with Crippen LogP contribution in [-0.2, 0) is 4.79 Å². The third-order valence-electron chi connectivity index (χ3n) is 4.41. The highest BCUT2D eigenvalue weighted by atomic mass is 16.5. The maximum atomic E-state index is 12.4. The molecule has 0 N–H and O–H groups in total. The number of carbonyl (C=O) groups is 1. The number of rotatable bonds is 5. The third-order valence-corrected chi connectivity index (χ3v) is 4.41. The SMILES string of the molecule is COc1cc(C)ccc1OCC(=O)N1CCN(c2ccc(C)nn2)CC1. The van der Waals surface area contributed by atoms with Gasteiger partial charge in [0.25, 0.3) is 5.91 Å². The minimum atomic E-state index is -0.0257. The van der Waals surface area contributed by atoms with Crippen molar-refractivity contribution < 1.29 is 14.3 Å². The van der Waals surface area contributed by atoms with Crippen LogP contribution in [0.2, 0.25) is 0 Å². The quantitative estimate of drug-likeness (QED) is 0.814. The van der Waals surface area contributed by atoms with E-state index in [0.717, 1.165) is 30.2 Å². The first-order chi connectivity index (χ1) is 12.6. The summed E-state index contributed by atoms with van der Waals surface area (Å²) in [5.41, 5.74) is 1.97. The van der Waals surface area contributed by atoms with Gasteiger partial charge in [0.2, 0.25) is 0 Å². The summed E-state index contributed by atoms with van der Waals surface area (Å²) in [5.74, 6) is 2.05. The molecule has 1 amide bonds. The molecule has 2 heterocycles. The average molecular weight is 356 g/mol. The molecule has 3 rings (SSSR count). The van der Waals surface area contributed by atoms with E-state index in [1.807, 2.05) is 49.1 Å². The lowest BCUT2D eigenvalue weighted by Crippen LogP contribution is -2.50. The highest BCUT2D eigenvalue weighted by Crippen LogP contribution is 2.27. The Bertz CT molecular complexity index is 756. The van der Waals surface area contributed by atoms with Crippen LogP contribution in [0, 0.1) is 13.8 Å². The zero-order valence-electron chi connectivity index (χ0n) is 15.4. The summed E-state index contributed by atoms with van der Waals surface area (Å²) >= 11 is 0. The number of piperazine rings is 1. The minimum absolute atomic E-state index is 0.00373. The zero-order valence-corrected chi connectivity index (χ0v) is 15.4. The van der Waals surface area contributed by atoms with Crippen LogP contribution in [0.3, 0.4) is 0 Å². The van der Waals surface area contributed by atoms with Crippen LogP contribution < -0.4 is 14.4 Å². The number of anilines is 1. The molecule has 0 unspecified atom stereocenters. The summed E-state index contributed by atoms with van der Waals surface area (Å²) in [6.07, 6.45) is 0. The fourth-order valence-electron chi connectivity index (χ4n) is 2.87. The van der Waals surface area contributed by atoms with E-state index in [1.54, 1.807) is 7.11 Å². The Labute approximate surface area is 153 Å². The lowest BCUT2D eigenvalue weighted by Gasteiger charge is -2.35. The van der Waals surface area contributed by atoms with Crippen molar-refractivity contribution in [3.05, 3.63) is 41.6 Å². The van der Waals surface area contributed by atoms with Gasteiger partial charge in [0, 0.05) is 26.2 Å². The number of carbonyl (C=O) groups excluding carboxylic acids is 1. The third kappa shape index (κ3) is 4.22. The molecular weight excluding hydrogens is 332 g/mol. The Kier molecular flexibility index (Phi) is 5.55. The highest BCUT2D eigenvalue weighted by Gasteiger charge is 2.22. The molecule has 1 fully saturated rings. The maximum Gasteiger partial charge on any atom is 0.260 e. The molecule has 2 aromatic rings. The van der Waals surface area contributed by atoms with Gasteiger partial charge in [-0.2, -0.15) is 5.10 Å². The van der Waals surface area contributed by atoms with Gasteiger partial charge in [-0.15, -0.1) is 5.10 Å². The van der Waals surface area contributed by atoms with Crippen molar-refractivity contribution in [2.75, 3.05) is 44.8 Å². The van der Waals surface area contributed by atoms with Crippen LogP contribution in [0.25, 0.3) is 0 Å². The van der Waals surface area contributed by atoms with Crippen LogP contribution in [0.5, 0.6) is 11.5 Å². The van der Waals surface area contributed by atoms with E-state index in [4.69, 9.17) is 9.47 Å². The number of hydrogen-bond acceptors (Lipinski definition) is 6. The number of benzene rings is 1. The van der Waals surface area contributed by atoms with Gasteiger partial charge in [0.05, 0.1) is 12.8 Å². The molecule has 1 aliphatic heterocycles. The average Bonchev–Trinajstić information content (AvgIpc) is 2.67. The fourth-order valence-corrected chi connectivity index (χ4v) is 2.87. The largest absolute Gasteiger partial charge is 0.493 e. The van der Waals surface area contributed by atoms with Gasteiger partial charge in [-0.05, 0) is 43.7 Å². The molecule has 0 bridgehead atoms. The molecular formula is C19H24N4O3. The van der Waals surface area contributed by atoms with Crippen molar-refractivity contribution >= 4 is 11.7 Å². The monoisotopic (exact) mass is 356 g/mol. The molecule has 1 saturated heterocycles. The summed E-state index contributed by atoms with van der Waals surface area (Å²) in [4.78, 5) is 16.4. The second-order valence-corrected chi connectivity index (χ2v) is 6.34. The number of ether oxygens (including phenoxy) is 2. The van der Waals surface area contributed by atoms with E-state index in [9.17, 15) is 4.79 Å². The Morgan fingerprint density at radius 2 is 1.81 bits per heavy atom. The van der Waals surface area contributed by atoms with E-state index >= 15 is 0 Å². The summed E-state index contributed by atoms with van der Waals surface area (Å²) in [6, 6.07) is 9.57. The van der Waals surface area contributed by atoms with Crippen molar-refractivity contribution in [2.45, 2.75) is 13.8 Å². The van der Waals surface area contributed by atoms with Gasteiger partial charge in [-0.3, -0.25) is 4.79 Å². The van der Waals surface area contributed by atoms with Crippen molar-refractivity contribution in [3.8, 4) is 11.5 Å². The van der Waals surface area contributed by atoms with Crippen LogP contribution in [-0.4, -0.2) is 60.9 Å². The first-order valence-corrected chi connectivity index (χ1v) is 8.67. The summed E-state index contributed by atoms with van der Waals surface area (Å²) in [6.45, 7) is 6.65. The second kappa shape index (κ2) is 8.03. The first kappa shape index (κ1) is 18.0. The number of aryl methyl sites for hydroxylation is 2. The zero-order chi connectivity index (χ0) is 18.5. The molecule has 26 heavy (non-hydrogen) atoms. The smallest absolute Gasteiger partial charge is 0.260 e. The van der Waals surface area contributed by atoms with Gasteiger partial charge in [-0.1, -0.05) is 6.07 Å².